The molecule has 8 heteroatoms. The summed E-state index contributed by atoms with van der Waals surface area (Å²) in [5.74, 6) is -0.616. The molecule has 0 aliphatic heterocycles. The van der Waals surface area contributed by atoms with Crippen LogP contribution in [0.25, 0.3) is 0 Å². The van der Waals surface area contributed by atoms with Crippen molar-refractivity contribution in [2.75, 3.05) is 24.7 Å². The maximum Gasteiger partial charge on any atom is 0.255 e. The molecule has 0 radical (unpaired) electrons. The number of carbonyl (C=O) groups excluding carboxylic acids is 1. The van der Waals surface area contributed by atoms with Crippen LogP contribution in [0.3, 0.4) is 0 Å². The lowest BCUT2D eigenvalue weighted by Crippen LogP contribution is -2.36. The summed E-state index contributed by atoms with van der Waals surface area (Å²) >= 11 is 3.09. The lowest BCUT2D eigenvalue weighted by Gasteiger charge is -2.21. The van der Waals surface area contributed by atoms with Crippen molar-refractivity contribution in [3.63, 3.8) is 0 Å². The molecular weight excluding hydrogens is 356 g/mol. The Labute approximate surface area is 124 Å². The fraction of sp³-hybridized carbons (Fsp3) is 0.417. The maximum atomic E-state index is 12.4. The van der Waals surface area contributed by atoms with Crippen LogP contribution < -0.4 is 0 Å². The van der Waals surface area contributed by atoms with E-state index in [4.69, 9.17) is 0 Å². The first-order valence-electron chi connectivity index (χ1n) is 5.69. The second-order valence-electron chi connectivity index (χ2n) is 4.13. The van der Waals surface area contributed by atoms with E-state index in [2.05, 4.69) is 15.9 Å². The number of alkyl halides is 3. The molecule has 0 fully saturated rings. The van der Waals surface area contributed by atoms with Gasteiger partial charge in [0.2, 0.25) is 0 Å². The van der Waals surface area contributed by atoms with Gasteiger partial charge < -0.3 is 4.90 Å². The number of carbonyl (C=O) groups is 1. The minimum Gasteiger partial charge on any atom is -0.332 e. The zero-order valence-electron chi connectivity index (χ0n) is 10.7. The zero-order chi connectivity index (χ0) is 15.3. The molecule has 1 aromatic rings. The maximum absolute atomic E-state index is 12.4. The Hall–Kier alpha value is -1.02. The van der Waals surface area contributed by atoms with Gasteiger partial charge in [0.1, 0.15) is 0 Å². The first kappa shape index (κ1) is 17.0. The van der Waals surface area contributed by atoms with E-state index in [1.54, 1.807) is 0 Å². The third kappa shape index (κ3) is 4.82. The quantitative estimate of drug-likeness (QED) is 0.722. The van der Waals surface area contributed by atoms with Gasteiger partial charge in [-0.3, -0.25) is 4.79 Å². The van der Waals surface area contributed by atoms with Gasteiger partial charge in [-0.15, -0.1) is 0 Å². The number of nitrogens with zero attached hydrogens (tertiary/aromatic N) is 1. The van der Waals surface area contributed by atoms with Crippen molar-refractivity contribution in [1.82, 2.24) is 4.90 Å². The highest BCUT2D eigenvalue weighted by Gasteiger charge is 2.20. The average molecular weight is 370 g/mol. The Kier molecular flexibility index (Phi) is 6.07. The van der Waals surface area contributed by atoms with Crippen LogP contribution in [-0.4, -0.2) is 50.3 Å². The van der Waals surface area contributed by atoms with Crippen LogP contribution in [0, 0.1) is 0 Å². The summed E-state index contributed by atoms with van der Waals surface area (Å²) in [5.41, 5.74) is 0.0783. The molecule has 1 aromatic carbocycles. The fourth-order valence-corrected chi connectivity index (χ4v) is 2.68. The van der Waals surface area contributed by atoms with Gasteiger partial charge in [-0.05, 0) is 18.2 Å². The van der Waals surface area contributed by atoms with Crippen molar-refractivity contribution in [1.29, 1.82) is 0 Å². The molecule has 0 N–H and O–H groups in total. The summed E-state index contributed by atoms with van der Waals surface area (Å²) in [6.45, 7) is -0.570. The molecule has 112 valence electrons. The highest BCUT2D eigenvalue weighted by Crippen LogP contribution is 2.14. The number of hydrogen-bond donors (Lipinski definition) is 0. The largest absolute Gasteiger partial charge is 0.332 e. The SMILES string of the molecule is CS(=O)(=O)c1cccc(C(=O)N(CCBr)CC(F)F)c1. The average Bonchev–Trinajstić information content (AvgIpc) is 2.36. The molecular formula is C12H14BrF2NO3S. The number of rotatable bonds is 6. The monoisotopic (exact) mass is 369 g/mol. The summed E-state index contributed by atoms with van der Waals surface area (Å²) in [7, 11) is -3.45. The number of benzene rings is 1. The van der Waals surface area contributed by atoms with Gasteiger partial charge >= 0.3 is 0 Å². The van der Waals surface area contributed by atoms with Gasteiger partial charge in [0.25, 0.3) is 12.3 Å². The summed E-state index contributed by atoms with van der Waals surface area (Å²) in [4.78, 5) is 13.1. The van der Waals surface area contributed by atoms with Crippen molar-refractivity contribution in [2.24, 2.45) is 0 Å². The lowest BCUT2D eigenvalue weighted by molar-refractivity contribution is 0.0572. The van der Waals surface area contributed by atoms with Gasteiger partial charge in [-0.2, -0.15) is 0 Å². The van der Waals surface area contributed by atoms with Crippen LogP contribution in [0.1, 0.15) is 10.4 Å². The summed E-state index contributed by atoms with van der Waals surface area (Å²) in [5, 5.41) is 0.358. The van der Waals surface area contributed by atoms with E-state index < -0.39 is 28.7 Å². The number of sulfone groups is 1. The van der Waals surface area contributed by atoms with Gasteiger partial charge in [0.05, 0.1) is 11.4 Å². The van der Waals surface area contributed by atoms with Gasteiger partial charge in [-0.1, -0.05) is 22.0 Å². The number of hydrogen-bond acceptors (Lipinski definition) is 3. The van der Waals surface area contributed by atoms with Crippen LogP contribution in [0.4, 0.5) is 8.78 Å². The van der Waals surface area contributed by atoms with E-state index in [-0.39, 0.29) is 17.0 Å². The lowest BCUT2D eigenvalue weighted by atomic mass is 10.2. The molecule has 0 atom stereocenters. The molecule has 0 aromatic heterocycles. The highest BCUT2D eigenvalue weighted by atomic mass is 79.9. The Bertz CT molecular complexity index is 578. The second kappa shape index (κ2) is 7.12. The first-order valence-corrected chi connectivity index (χ1v) is 8.70. The smallest absolute Gasteiger partial charge is 0.255 e. The van der Waals surface area contributed by atoms with Gasteiger partial charge in [0, 0.05) is 23.7 Å². The predicted octanol–water partition coefficient (Wildman–Crippen LogP) is 2.19. The van der Waals surface area contributed by atoms with E-state index in [0.717, 1.165) is 11.2 Å². The molecule has 1 amide bonds. The van der Waals surface area contributed by atoms with Gasteiger partial charge in [-0.25, -0.2) is 17.2 Å². The normalized spacial score (nSPS) is 11.7. The van der Waals surface area contributed by atoms with Crippen molar-refractivity contribution < 1.29 is 22.0 Å². The Morgan fingerprint density at radius 1 is 1.40 bits per heavy atom. The molecule has 0 aliphatic carbocycles. The predicted molar refractivity (Wildman–Crippen MR) is 75.3 cm³/mol. The Morgan fingerprint density at radius 3 is 2.55 bits per heavy atom. The van der Waals surface area contributed by atoms with E-state index in [9.17, 15) is 22.0 Å². The minimum atomic E-state index is -3.45. The van der Waals surface area contributed by atoms with E-state index >= 15 is 0 Å². The molecule has 1 rings (SSSR count). The van der Waals surface area contributed by atoms with E-state index in [1.165, 1.54) is 24.3 Å². The molecule has 0 unspecified atom stereocenters. The van der Waals surface area contributed by atoms with Crippen molar-refractivity contribution in [3.8, 4) is 0 Å². The highest BCUT2D eigenvalue weighted by molar-refractivity contribution is 9.09. The van der Waals surface area contributed by atoms with Crippen molar-refractivity contribution in [2.45, 2.75) is 11.3 Å². The van der Waals surface area contributed by atoms with Crippen molar-refractivity contribution in [3.05, 3.63) is 29.8 Å². The molecule has 0 spiro atoms. The Balaban J connectivity index is 3.06. The summed E-state index contributed by atoms with van der Waals surface area (Å²) in [6, 6.07) is 5.38. The molecule has 0 heterocycles. The molecule has 0 saturated heterocycles. The third-order valence-corrected chi connectivity index (χ3v) is 3.97. The Morgan fingerprint density at radius 2 is 2.05 bits per heavy atom. The molecule has 20 heavy (non-hydrogen) atoms. The zero-order valence-corrected chi connectivity index (χ0v) is 13.1. The minimum absolute atomic E-state index is 0.0146. The summed E-state index contributed by atoms with van der Waals surface area (Å²) in [6.07, 6.45) is -1.62. The molecule has 0 bridgehead atoms. The van der Waals surface area contributed by atoms with Crippen molar-refractivity contribution >= 4 is 31.7 Å². The number of amides is 1. The van der Waals surface area contributed by atoms with Crippen LogP contribution in [0.15, 0.2) is 29.2 Å². The van der Waals surface area contributed by atoms with Gasteiger partial charge in [0.15, 0.2) is 9.84 Å². The molecule has 0 aliphatic rings. The van der Waals surface area contributed by atoms with Crippen LogP contribution in [0.2, 0.25) is 0 Å². The molecule has 0 saturated carbocycles. The third-order valence-electron chi connectivity index (χ3n) is 2.51. The standard InChI is InChI=1S/C12H14BrF2NO3S/c1-20(18,19)10-4-2-3-9(7-10)12(17)16(6-5-13)8-11(14)15/h2-4,7,11H,5-6,8H2,1H3. The topological polar surface area (TPSA) is 54.5 Å². The van der Waals surface area contributed by atoms with E-state index in [0.29, 0.717) is 5.33 Å². The van der Waals surface area contributed by atoms with E-state index in [1.807, 2.05) is 0 Å². The summed E-state index contributed by atoms with van der Waals surface area (Å²) < 4.78 is 47.8. The second-order valence-corrected chi connectivity index (χ2v) is 6.94. The molecule has 4 nitrogen and oxygen atoms in total. The van der Waals surface area contributed by atoms with Crippen LogP contribution in [-0.2, 0) is 9.84 Å². The van der Waals surface area contributed by atoms with Crippen LogP contribution >= 0.6 is 15.9 Å². The first-order chi connectivity index (χ1) is 9.25. The number of halogens is 3. The van der Waals surface area contributed by atoms with Crippen LogP contribution in [0.5, 0.6) is 0 Å². The fourth-order valence-electron chi connectivity index (χ4n) is 1.59.